The maximum absolute atomic E-state index is 13.0. The molecule has 0 bridgehead atoms. The first-order valence-corrected chi connectivity index (χ1v) is 9.25. The Labute approximate surface area is 161 Å². The van der Waals surface area contributed by atoms with Crippen molar-refractivity contribution < 1.29 is 14.7 Å². The van der Waals surface area contributed by atoms with Crippen molar-refractivity contribution in [3.63, 3.8) is 0 Å². The SMILES string of the molecule is CC(C)(C)C(=O)Cc1ccc(CC(C)(C)C(=O)c2ccccc2CO)nc1. The van der Waals surface area contributed by atoms with Crippen molar-refractivity contribution in [2.24, 2.45) is 10.8 Å². The molecule has 0 aliphatic carbocycles. The lowest BCUT2D eigenvalue weighted by Gasteiger charge is -2.24. The Balaban J connectivity index is 2.13. The molecule has 0 aliphatic heterocycles. The van der Waals surface area contributed by atoms with Gasteiger partial charge >= 0.3 is 0 Å². The van der Waals surface area contributed by atoms with Crippen LogP contribution < -0.4 is 0 Å². The molecule has 144 valence electrons. The molecule has 0 spiro atoms. The van der Waals surface area contributed by atoms with Crippen molar-refractivity contribution >= 4 is 11.6 Å². The molecule has 4 nitrogen and oxygen atoms in total. The quantitative estimate of drug-likeness (QED) is 0.745. The maximum atomic E-state index is 13.0. The average molecular weight is 367 g/mol. The Morgan fingerprint density at radius 2 is 1.67 bits per heavy atom. The zero-order valence-electron chi connectivity index (χ0n) is 16.9. The predicted octanol–water partition coefficient (Wildman–Crippen LogP) is 4.18. The molecule has 1 aromatic heterocycles. The highest BCUT2D eigenvalue weighted by atomic mass is 16.3. The summed E-state index contributed by atoms with van der Waals surface area (Å²) in [5.41, 5.74) is 1.86. The lowest BCUT2D eigenvalue weighted by Crippen LogP contribution is -2.28. The van der Waals surface area contributed by atoms with Crippen molar-refractivity contribution in [2.75, 3.05) is 0 Å². The number of aromatic nitrogens is 1. The van der Waals surface area contributed by atoms with Gasteiger partial charge in [0.05, 0.1) is 6.61 Å². The van der Waals surface area contributed by atoms with Crippen LogP contribution in [-0.2, 0) is 24.2 Å². The number of benzene rings is 1. The Bertz CT molecular complexity index is 814. The van der Waals surface area contributed by atoms with Crippen molar-refractivity contribution in [2.45, 2.75) is 54.1 Å². The van der Waals surface area contributed by atoms with E-state index >= 15 is 0 Å². The van der Waals surface area contributed by atoms with Crippen molar-refractivity contribution in [3.8, 4) is 0 Å². The van der Waals surface area contributed by atoms with Crippen LogP contribution in [0, 0.1) is 10.8 Å². The number of carbonyl (C=O) groups is 2. The number of carbonyl (C=O) groups excluding carboxylic acids is 2. The number of rotatable bonds is 7. The number of Topliss-reactive ketones (excluding diaryl/α,β-unsaturated/α-hetero) is 2. The summed E-state index contributed by atoms with van der Waals surface area (Å²) in [6.45, 7) is 9.36. The topological polar surface area (TPSA) is 67.3 Å². The van der Waals surface area contributed by atoms with E-state index in [4.69, 9.17) is 0 Å². The maximum Gasteiger partial charge on any atom is 0.169 e. The lowest BCUT2D eigenvalue weighted by molar-refractivity contribution is -0.125. The van der Waals surface area contributed by atoms with E-state index in [1.165, 1.54) is 0 Å². The monoisotopic (exact) mass is 367 g/mol. The first-order chi connectivity index (χ1) is 12.5. The summed E-state index contributed by atoms with van der Waals surface area (Å²) in [6.07, 6.45) is 2.57. The van der Waals surface area contributed by atoms with E-state index in [-0.39, 0.29) is 23.6 Å². The van der Waals surface area contributed by atoms with Gasteiger partial charge in [0, 0.05) is 41.1 Å². The number of pyridine rings is 1. The van der Waals surface area contributed by atoms with Gasteiger partial charge in [-0.05, 0) is 17.2 Å². The number of ketones is 2. The summed E-state index contributed by atoms with van der Waals surface area (Å²) in [6, 6.07) is 10.9. The third kappa shape index (κ3) is 5.33. The molecule has 1 heterocycles. The number of aliphatic hydroxyl groups excluding tert-OH is 1. The first kappa shape index (κ1) is 21.0. The van der Waals surface area contributed by atoms with E-state index < -0.39 is 5.41 Å². The zero-order chi connectivity index (χ0) is 20.2. The first-order valence-electron chi connectivity index (χ1n) is 9.25. The van der Waals surface area contributed by atoms with Crippen LogP contribution >= 0.6 is 0 Å². The molecule has 0 fully saturated rings. The summed E-state index contributed by atoms with van der Waals surface area (Å²) >= 11 is 0. The second-order valence-corrected chi connectivity index (χ2v) is 8.71. The number of hydrogen-bond donors (Lipinski definition) is 1. The zero-order valence-corrected chi connectivity index (χ0v) is 16.9. The molecule has 0 aliphatic rings. The summed E-state index contributed by atoms with van der Waals surface area (Å²) in [5, 5.41) is 9.49. The molecule has 27 heavy (non-hydrogen) atoms. The normalized spacial score (nSPS) is 12.1. The molecular formula is C23H29NO3. The molecule has 0 saturated carbocycles. The number of hydrogen-bond acceptors (Lipinski definition) is 4. The molecule has 2 rings (SSSR count). The van der Waals surface area contributed by atoms with Crippen LogP contribution in [-0.4, -0.2) is 21.7 Å². The summed E-state index contributed by atoms with van der Waals surface area (Å²) in [5.74, 6) is 0.161. The summed E-state index contributed by atoms with van der Waals surface area (Å²) < 4.78 is 0. The fraction of sp³-hybridized carbons (Fsp3) is 0.435. The fourth-order valence-corrected chi connectivity index (χ4v) is 2.89. The van der Waals surface area contributed by atoms with E-state index in [9.17, 15) is 14.7 Å². The van der Waals surface area contributed by atoms with Gasteiger partial charge in [0.1, 0.15) is 5.78 Å². The van der Waals surface area contributed by atoms with Crippen LogP contribution in [0.3, 0.4) is 0 Å². The Hall–Kier alpha value is -2.33. The molecule has 0 saturated heterocycles. The molecule has 0 atom stereocenters. The summed E-state index contributed by atoms with van der Waals surface area (Å²) in [7, 11) is 0. The largest absolute Gasteiger partial charge is 0.392 e. The number of nitrogens with zero attached hydrogens (tertiary/aromatic N) is 1. The molecular weight excluding hydrogens is 338 g/mol. The summed E-state index contributed by atoms with van der Waals surface area (Å²) in [4.78, 5) is 29.6. The van der Waals surface area contributed by atoms with E-state index in [2.05, 4.69) is 4.98 Å². The molecule has 2 aromatic rings. The average Bonchev–Trinajstić information content (AvgIpc) is 2.61. The highest BCUT2D eigenvalue weighted by molar-refractivity contribution is 6.01. The second kappa shape index (κ2) is 8.13. The van der Waals surface area contributed by atoms with Crippen LogP contribution in [0.4, 0.5) is 0 Å². The van der Waals surface area contributed by atoms with Gasteiger partial charge in [0.2, 0.25) is 0 Å². The van der Waals surface area contributed by atoms with Gasteiger partial charge in [0.15, 0.2) is 5.78 Å². The predicted molar refractivity (Wildman–Crippen MR) is 107 cm³/mol. The molecule has 1 N–H and O–H groups in total. The van der Waals surface area contributed by atoms with Crippen LogP contribution in [0.25, 0.3) is 0 Å². The highest BCUT2D eigenvalue weighted by Crippen LogP contribution is 2.28. The van der Waals surface area contributed by atoms with Gasteiger partial charge in [-0.2, -0.15) is 0 Å². The second-order valence-electron chi connectivity index (χ2n) is 8.71. The van der Waals surface area contributed by atoms with Gasteiger partial charge in [-0.25, -0.2) is 0 Å². The standard InChI is InChI=1S/C23H29NO3/c1-22(2,3)20(26)12-16-10-11-18(24-14-16)13-23(4,5)21(27)19-9-7-6-8-17(19)15-25/h6-11,14,25H,12-13,15H2,1-5H3. The van der Waals surface area contributed by atoms with Crippen molar-refractivity contribution in [1.29, 1.82) is 0 Å². The Kier molecular flexibility index (Phi) is 6.32. The fourth-order valence-electron chi connectivity index (χ4n) is 2.89. The van der Waals surface area contributed by atoms with E-state index in [0.29, 0.717) is 24.0 Å². The Morgan fingerprint density at radius 3 is 2.22 bits per heavy atom. The third-order valence-electron chi connectivity index (χ3n) is 4.76. The molecule has 0 unspecified atom stereocenters. The van der Waals surface area contributed by atoms with E-state index in [1.807, 2.05) is 58.9 Å². The third-order valence-corrected chi connectivity index (χ3v) is 4.76. The van der Waals surface area contributed by atoms with Crippen LogP contribution in [0.2, 0.25) is 0 Å². The minimum Gasteiger partial charge on any atom is -0.392 e. The van der Waals surface area contributed by atoms with Crippen LogP contribution in [0.1, 0.15) is 61.8 Å². The van der Waals surface area contributed by atoms with Crippen molar-refractivity contribution in [3.05, 3.63) is 65.0 Å². The molecule has 4 heteroatoms. The van der Waals surface area contributed by atoms with Gasteiger partial charge in [-0.15, -0.1) is 0 Å². The van der Waals surface area contributed by atoms with Crippen LogP contribution in [0.15, 0.2) is 42.6 Å². The van der Waals surface area contributed by atoms with E-state index in [1.54, 1.807) is 18.3 Å². The van der Waals surface area contributed by atoms with E-state index in [0.717, 1.165) is 11.3 Å². The van der Waals surface area contributed by atoms with Gasteiger partial charge in [-0.3, -0.25) is 14.6 Å². The van der Waals surface area contributed by atoms with Crippen LogP contribution in [0.5, 0.6) is 0 Å². The minimum absolute atomic E-state index is 0.0130. The van der Waals surface area contributed by atoms with Gasteiger partial charge in [0.25, 0.3) is 0 Å². The highest BCUT2D eigenvalue weighted by Gasteiger charge is 2.30. The van der Waals surface area contributed by atoms with Gasteiger partial charge < -0.3 is 5.11 Å². The molecule has 1 aromatic carbocycles. The Morgan fingerprint density at radius 1 is 1.00 bits per heavy atom. The van der Waals surface area contributed by atoms with Gasteiger partial charge in [-0.1, -0.05) is 65.0 Å². The smallest absolute Gasteiger partial charge is 0.169 e. The molecule has 0 radical (unpaired) electrons. The van der Waals surface area contributed by atoms with Crippen molar-refractivity contribution in [1.82, 2.24) is 4.98 Å². The number of aliphatic hydroxyl groups is 1. The molecule has 0 amide bonds. The minimum atomic E-state index is -0.652. The lowest BCUT2D eigenvalue weighted by atomic mass is 9.79.